The van der Waals surface area contributed by atoms with Gasteiger partial charge in [0.05, 0.1) is 25.9 Å². The monoisotopic (exact) mass is 375 g/mol. The highest BCUT2D eigenvalue weighted by atomic mass is 16.5. The first kappa shape index (κ1) is 18.7. The molecule has 0 aliphatic rings. The van der Waals surface area contributed by atoms with Gasteiger partial charge in [0.2, 0.25) is 0 Å². The van der Waals surface area contributed by atoms with Crippen LogP contribution in [0, 0.1) is 11.3 Å². The first-order valence-corrected chi connectivity index (χ1v) is 8.27. The Morgan fingerprint density at radius 2 is 1.79 bits per heavy atom. The van der Waals surface area contributed by atoms with Crippen LogP contribution in [0.3, 0.4) is 0 Å². The molecule has 3 aromatic rings. The molecular formula is C20H17N5O3. The van der Waals surface area contributed by atoms with Crippen molar-refractivity contribution < 1.29 is 14.3 Å². The summed E-state index contributed by atoms with van der Waals surface area (Å²) >= 11 is 0. The van der Waals surface area contributed by atoms with Crippen molar-refractivity contribution in [3.05, 3.63) is 65.9 Å². The van der Waals surface area contributed by atoms with Crippen molar-refractivity contribution in [3.8, 4) is 17.6 Å². The number of rotatable bonds is 6. The normalized spacial score (nSPS) is 9.89. The highest BCUT2D eigenvalue weighted by molar-refractivity contribution is 6.02. The van der Waals surface area contributed by atoms with E-state index in [4.69, 9.17) is 14.7 Å². The quantitative estimate of drug-likeness (QED) is 0.680. The molecule has 0 radical (unpaired) electrons. The topological polar surface area (TPSA) is 109 Å². The summed E-state index contributed by atoms with van der Waals surface area (Å²) in [7, 11) is 3.12. The predicted molar refractivity (Wildman–Crippen MR) is 104 cm³/mol. The zero-order valence-corrected chi connectivity index (χ0v) is 15.3. The Kier molecular flexibility index (Phi) is 5.67. The molecule has 0 spiro atoms. The summed E-state index contributed by atoms with van der Waals surface area (Å²) in [6, 6.07) is 17.2. The summed E-state index contributed by atoms with van der Waals surface area (Å²) in [6.45, 7) is 0. The van der Waals surface area contributed by atoms with Crippen molar-refractivity contribution in [2.24, 2.45) is 0 Å². The minimum absolute atomic E-state index is 0.153. The van der Waals surface area contributed by atoms with Gasteiger partial charge in [0.15, 0.2) is 23.0 Å². The van der Waals surface area contributed by atoms with Crippen LogP contribution in [0.4, 0.5) is 17.2 Å². The summed E-state index contributed by atoms with van der Waals surface area (Å²) < 4.78 is 10.5. The molecule has 0 unspecified atom stereocenters. The Morgan fingerprint density at radius 1 is 0.964 bits per heavy atom. The van der Waals surface area contributed by atoms with E-state index < -0.39 is 5.91 Å². The van der Waals surface area contributed by atoms with Crippen molar-refractivity contribution >= 4 is 23.1 Å². The first-order chi connectivity index (χ1) is 13.6. The molecule has 28 heavy (non-hydrogen) atoms. The van der Waals surface area contributed by atoms with Gasteiger partial charge in [-0.15, -0.1) is 10.2 Å². The maximum absolute atomic E-state index is 12.3. The second kappa shape index (κ2) is 8.51. The van der Waals surface area contributed by atoms with E-state index in [1.54, 1.807) is 62.8 Å². The molecule has 8 heteroatoms. The van der Waals surface area contributed by atoms with Gasteiger partial charge in [0, 0.05) is 17.4 Å². The lowest BCUT2D eigenvalue weighted by atomic mass is 10.2. The average Bonchev–Trinajstić information content (AvgIpc) is 2.74. The van der Waals surface area contributed by atoms with Crippen LogP contribution in [-0.4, -0.2) is 30.3 Å². The van der Waals surface area contributed by atoms with Crippen molar-refractivity contribution in [2.45, 2.75) is 0 Å². The Labute approximate surface area is 161 Å². The van der Waals surface area contributed by atoms with E-state index in [1.807, 2.05) is 12.1 Å². The molecule has 1 amide bonds. The van der Waals surface area contributed by atoms with Crippen LogP contribution in [0.2, 0.25) is 0 Å². The van der Waals surface area contributed by atoms with Gasteiger partial charge in [-0.05, 0) is 42.5 Å². The minimum atomic E-state index is -0.416. The largest absolute Gasteiger partial charge is 0.493 e. The highest BCUT2D eigenvalue weighted by Gasteiger charge is 2.10. The summed E-state index contributed by atoms with van der Waals surface area (Å²) in [5.41, 5.74) is 1.86. The second-order valence-corrected chi connectivity index (χ2v) is 5.65. The average molecular weight is 375 g/mol. The van der Waals surface area contributed by atoms with E-state index in [1.165, 1.54) is 0 Å². The molecule has 0 saturated heterocycles. The molecule has 0 atom stereocenters. The minimum Gasteiger partial charge on any atom is -0.493 e. The van der Waals surface area contributed by atoms with E-state index in [0.717, 1.165) is 5.69 Å². The third-order valence-electron chi connectivity index (χ3n) is 3.80. The van der Waals surface area contributed by atoms with Gasteiger partial charge < -0.3 is 20.1 Å². The number of ether oxygens (including phenoxy) is 2. The third-order valence-corrected chi connectivity index (χ3v) is 3.80. The fraction of sp³-hybridized carbons (Fsp3) is 0.100. The number of hydrogen-bond acceptors (Lipinski definition) is 7. The summed E-state index contributed by atoms with van der Waals surface area (Å²) in [6.07, 6.45) is 0. The van der Waals surface area contributed by atoms with Gasteiger partial charge in [-0.2, -0.15) is 5.26 Å². The SMILES string of the molecule is COc1ccc(Nc2ccc(C(=O)Nc3cccc(C#N)c3)nn2)cc1OC. The number of nitrogens with zero attached hydrogens (tertiary/aromatic N) is 3. The Balaban J connectivity index is 1.69. The number of methoxy groups -OCH3 is 2. The molecule has 0 bridgehead atoms. The molecule has 2 N–H and O–H groups in total. The predicted octanol–water partition coefficient (Wildman–Crippen LogP) is 3.36. The molecule has 0 fully saturated rings. The van der Waals surface area contributed by atoms with Gasteiger partial charge in [-0.1, -0.05) is 6.07 Å². The number of carbonyl (C=O) groups excluding carboxylic acids is 1. The maximum atomic E-state index is 12.3. The molecule has 0 aliphatic carbocycles. The molecule has 8 nitrogen and oxygen atoms in total. The second-order valence-electron chi connectivity index (χ2n) is 5.65. The Bertz CT molecular complexity index is 1030. The number of hydrogen-bond donors (Lipinski definition) is 2. The lowest BCUT2D eigenvalue weighted by molar-refractivity contribution is 0.102. The Hall–Kier alpha value is -4.12. The van der Waals surface area contributed by atoms with Crippen LogP contribution in [0.1, 0.15) is 16.1 Å². The summed E-state index contributed by atoms with van der Waals surface area (Å²) in [4.78, 5) is 12.3. The van der Waals surface area contributed by atoms with Crippen molar-refractivity contribution in [1.82, 2.24) is 10.2 Å². The zero-order chi connectivity index (χ0) is 19.9. The number of benzene rings is 2. The van der Waals surface area contributed by atoms with E-state index in [0.29, 0.717) is 28.6 Å². The van der Waals surface area contributed by atoms with Crippen molar-refractivity contribution in [1.29, 1.82) is 5.26 Å². The van der Waals surface area contributed by atoms with Gasteiger partial charge in [0.1, 0.15) is 0 Å². The third kappa shape index (κ3) is 4.34. The molecule has 3 rings (SSSR count). The van der Waals surface area contributed by atoms with E-state index in [2.05, 4.69) is 20.8 Å². The van der Waals surface area contributed by atoms with Gasteiger partial charge >= 0.3 is 0 Å². The fourth-order valence-electron chi connectivity index (χ4n) is 2.44. The molecule has 0 aliphatic heterocycles. The number of amides is 1. The number of anilines is 3. The van der Waals surface area contributed by atoms with Crippen LogP contribution in [0.25, 0.3) is 0 Å². The van der Waals surface area contributed by atoms with Crippen molar-refractivity contribution in [3.63, 3.8) is 0 Å². The highest BCUT2D eigenvalue weighted by Crippen LogP contribution is 2.30. The van der Waals surface area contributed by atoms with Crippen LogP contribution in [0.5, 0.6) is 11.5 Å². The zero-order valence-electron chi connectivity index (χ0n) is 15.3. The van der Waals surface area contributed by atoms with Crippen LogP contribution in [-0.2, 0) is 0 Å². The number of nitrogens with one attached hydrogen (secondary N) is 2. The van der Waals surface area contributed by atoms with E-state index >= 15 is 0 Å². The van der Waals surface area contributed by atoms with E-state index in [-0.39, 0.29) is 5.69 Å². The smallest absolute Gasteiger partial charge is 0.276 e. The molecule has 1 aromatic heterocycles. The van der Waals surface area contributed by atoms with Gasteiger partial charge in [0.25, 0.3) is 5.91 Å². The summed E-state index contributed by atoms with van der Waals surface area (Å²) in [5, 5.41) is 22.7. The number of nitriles is 1. The lowest BCUT2D eigenvalue weighted by Gasteiger charge is -2.11. The maximum Gasteiger partial charge on any atom is 0.276 e. The fourth-order valence-corrected chi connectivity index (χ4v) is 2.44. The lowest BCUT2D eigenvalue weighted by Crippen LogP contribution is -2.14. The van der Waals surface area contributed by atoms with Crippen molar-refractivity contribution in [2.75, 3.05) is 24.9 Å². The van der Waals surface area contributed by atoms with Crippen LogP contribution >= 0.6 is 0 Å². The molecular weight excluding hydrogens is 358 g/mol. The van der Waals surface area contributed by atoms with Crippen LogP contribution in [0.15, 0.2) is 54.6 Å². The van der Waals surface area contributed by atoms with Crippen LogP contribution < -0.4 is 20.1 Å². The summed E-state index contributed by atoms with van der Waals surface area (Å²) in [5.74, 6) is 1.25. The molecule has 0 saturated carbocycles. The molecule has 2 aromatic carbocycles. The van der Waals surface area contributed by atoms with Gasteiger partial charge in [-0.25, -0.2) is 0 Å². The van der Waals surface area contributed by atoms with Gasteiger partial charge in [-0.3, -0.25) is 4.79 Å². The van der Waals surface area contributed by atoms with E-state index in [9.17, 15) is 4.79 Å². The number of carbonyl (C=O) groups is 1. The molecule has 140 valence electrons. The Morgan fingerprint density at radius 3 is 2.46 bits per heavy atom. The first-order valence-electron chi connectivity index (χ1n) is 8.27. The molecule has 1 heterocycles. The standard InChI is InChI=1S/C20H17N5O3/c1-27-17-8-6-15(11-18(17)28-2)22-19-9-7-16(24-25-19)20(26)23-14-5-3-4-13(10-14)12-21/h3-11H,1-2H3,(H,22,25)(H,23,26). The number of aromatic nitrogens is 2.